The van der Waals surface area contributed by atoms with Gasteiger partial charge in [0.25, 0.3) is 5.91 Å². The first kappa shape index (κ1) is 14.6. The molecule has 0 aromatic heterocycles. The number of nitrogens with one attached hydrogen (secondary N) is 1. The zero-order chi connectivity index (χ0) is 13.8. The van der Waals surface area contributed by atoms with E-state index in [2.05, 4.69) is 50.5 Å². The SMILES string of the molecule is Nc1c(I)cc(I)cc1C(=O)NCc1ccccc1. The Hall–Kier alpha value is -0.830. The summed E-state index contributed by atoms with van der Waals surface area (Å²) in [6.07, 6.45) is 0. The van der Waals surface area contributed by atoms with Crippen molar-refractivity contribution in [2.75, 3.05) is 5.73 Å². The number of benzene rings is 2. The monoisotopic (exact) mass is 478 g/mol. The molecule has 0 unspecified atom stereocenters. The molecule has 0 aliphatic rings. The average molecular weight is 478 g/mol. The molecule has 3 nitrogen and oxygen atoms in total. The highest BCUT2D eigenvalue weighted by Crippen LogP contribution is 2.23. The topological polar surface area (TPSA) is 55.1 Å². The molecule has 0 bridgehead atoms. The van der Waals surface area contributed by atoms with Crippen LogP contribution in [0, 0.1) is 7.14 Å². The van der Waals surface area contributed by atoms with E-state index in [-0.39, 0.29) is 5.91 Å². The van der Waals surface area contributed by atoms with Crippen LogP contribution in [-0.4, -0.2) is 5.91 Å². The second-order valence-corrected chi connectivity index (χ2v) is 6.42. The summed E-state index contributed by atoms with van der Waals surface area (Å²) in [6, 6.07) is 13.5. The summed E-state index contributed by atoms with van der Waals surface area (Å²) >= 11 is 4.32. The van der Waals surface area contributed by atoms with E-state index in [4.69, 9.17) is 5.73 Å². The second kappa shape index (κ2) is 6.56. The Morgan fingerprint density at radius 3 is 2.53 bits per heavy atom. The molecule has 5 heteroatoms. The highest BCUT2D eigenvalue weighted by atomic mass is 127. The van der Waals surface area contributed by atoms with E-state index < -0.39 is 0 Å². The van der Waals surface area contributed by atoms with Gasteiger partial charge in [-0.2, -0.15) is 0 Å². The average Bonchev–Trinajstić information content (AvgIpc) is 2.41. The molecule has 0 aliphatic carbocycles. The van der Waals surface area contributed by atoms with Gasteiger partial charge in [0, 0.05) is 13.7 Å². The molecule has 2 aromatic rings. The summed E-state index contributed by atoms with van der Waals surface area (Å²) in [7, 11) is 0. The van der Waals surface area contributed by atoms with Gasteiger partial charge in [-0.1, -0.05) is 30.3 Å². The smallest absolute Gasteiger partial charge is 0.253 e. The Kier molecular flexibility index (Phi) is 5.03. The lowest BCUT2D eigenvalue weighted by molar-refractivity contribution is 0.0951. The number of carbonyl (C=O) groups excluding carboxylic acids is 1. The molecule has 19 heavy (non-hydrogen) atoms. The van der Waals surface area contributed by atoms with E-state index in [0.717, 1.165) is 12.7 Å². The molecule has 0 atom stereocenters. The Labute approximate surface area is 139 Å². The Balaban J connectivity index is 2.13. The van der Waals surface area contributed by atoms with Crippen molar-refractivity contribution in [2.24, 2.45) is 0 Å². The van der Waals surface area contributed by atoms with Gasteiger partial charge < -0.3 is 11.1 Å². The van der Waals surface area contributed by atoms with Crippen molar-refractivity contribution < 1.29 is 4.79 Å². The fourth-order valence-corrected chi connectivity index (χ4v) is 3.49. The normalized spacial score (nSPS) is 10.2. The van der Waals surface area contributed by atoms with Crippen molar-refractivity contribution >= 4 is 56.8 Å². The van der Waals surface area contributed by atoms with Crippen LogP contribution >= 0.6 is 45.2 Å². The summed E-state index contributed by atoms with van der Waals surface area (Å²) in [4.78, 5) is 12.1. The summed E-state index contributed by atoms with van der Waals surface area (Å²) in [5, 5.41) is 2.88. The largest absolute Gasteiger partial charge is 0.397 e. The second-order valence-electron chi connectivity index (χ2n) is 4.02. The van der Waals surface area contributed by atoms with Gasteiger partial charge in [-0.05, 0) is 62.9 Å². The summed E-state index contributed by atoms with van der Waals surface area (Å²) in [6.45, 7) is 0.501. The molecule has 0 heterocycles. The van der Waals surface area contributed by atoms with Crippen LogP contribution in [0.5, 0.6) is 0 Å². The van der Waals surface area contributed by atoms with Gasteiger partial charge in [-0.15, -0.1) is 0 Å². The zero-order valence-electron chi connectivity index (χ0n) is 9.99. The van der Waals surface area contributed by atoms with Crippen molar-refractivity contribution in [3.8, 4) is 0 Å². The number of amides is 1. The lowest BCUT2D eigenvalue weighted by Gasteiger charge is -2.09. The maximum Gasteiger partial charge on any atom is 0.253 e. The minimum atomic E-state index is -0.141. The first-order valence-electron chi connectivity index (χ1n) is 5.64. The van der Waals surface area contributed by atoms with Crippen molar-refractivity contribution in [1.29, 1.82) is 0 Å². The molecule has 0 spiro atoms. The molecule has 0 saturated carbocycles. The molecule has 1 amide bonds. The maximum atomic E-state index is 12.1. The first-order chi connectivity index (χ1) is 9.08. The molecule has 0 aliphatic heterocycles. The zero-order valence-corrected chi connectivity index (χ0v) is 14.3. The van der Waals surface area contributed by atoms with Crippen LogP contribution in [0.2, 0.25) is 0 Å². The summed E-state index contributed by atoms with van der Waals surface area (Å²) in [5.41, 5.74) is 8.08. The highest BCUT2D eigenvalue weighted by Gasteiger charge is 2.12. The van der Waals surface area contributed by atoms with Crippen LogP contribution in [0.3, 0.4) is 0 Å². The predicted molar refractivity (Wildman–Crippen MR) is 93.9 cm³/mol. The highest BCUT2D eigenvalue weighted by molar-refractivity contribution is 14.1. The third kappa shape index (κ3) is 3.82. The van der Waals surface area contributed by atoms with E-state index in [1.54, 1.807) is 6.07 Å². The molecular formula is C14H12I2N2O. The third-order valence-corrected chi connectivity index (χ3v) is 4.15. The number of nitrogens with two attached hydrogens (primary N) is 1. The van der Waals surface area contributed by atoms with Gasteiger partial charge in [0.1, 0.15) is 0 Å². The third-order valence-electron chi connectivity index (χ3n) is 2.63. The number of nitrogen functional groups attached to an aromatic ring is 1. The van der Waals surface area contributed by atoms with Gasteiger partial charge in [-0.25, -0.2) is 0 Å². The fourth-order valence-electron chi connectivity index (χ4n) is 1.65. The van der Waals surface area contributed by atoms with E-state index >= 15 is 0 Å². The maximum absolute atomic E-state index is 12.1. The van der Waals surface area contributed by atoms with Crippen molar-refractivity contribution in [2.45, 2.75) is 6.54 Å². The van der Waals surface area contributed by atoms with E-state index in [1.807, 2.05) is 36.4 Å². The molecule has 3 N–H and O–H groups in total. The quantitative estimate of drug-likeness (QED) is 0.525. The van der Waals surface area contributed by atoms with Crippen molar-refractivity contribution in [1.82, 2.24) is 5.32 Å². The fraction of sp³-hybridized carbons (Fsp3) is 0.0714. The van der Waals surface area contributed by atoms with Crippen LogP contribution in [0.25, 0.3) is 0 Å². The lowest BCUT2D eigenvalue weighted by atomic mass is 10.1. The minimum absolute atomic E-state index is 0.141. The molecule has 0 radical (unpaired) electrons. The summed E-state index contributed by atoms with van der Waals surface area (Å²) in [5.74, 6) is -0.141. The van der Waals surface area contributed by atoms with E-state index in [9.17, 15) is 4.79 Å². The number of hydrogen-bond donors (Lipinski definition) is 2. The first-order valence-corrected chi connectivity index (χ1v) is 7.80. The van der Waals surface area contributed by atoms with Gasteiger partial charge in [0.05, 0.1) is 11.3 Å². The number of halogens is 2. The van der Waals surface area contributed by atoms with Crippen molar-refractivity contribution in [3.05, 3.63) is 60.7 Å². The molecule has 0 saturated heterocycles. The number of anilines is 1. The van der Waals surface area contributed by atoms with Gasteiger partial charge in [0.15, 0.2) is 0 Å². The molecular weight excluding hydrogens is 466 g/mol. The Morgan fingerprint density at radius 2 is 1.84 bits per heavy atom. The van der Waals surface area contributed by atoms with Gasteiger partial charge in [0.2, 0.25) is 0 Å². The van der Waals surface area contributed by atoms with E-state index in [0.29, 0.717) is 17.8 Å². The predicted octanol–water partition coefficient (Wildman–Crippen LogP) is 3.41. The summed E-state index contributed by atoms with van der Waals surface area (Å²) < 4.78 is 1.90. The van der Waals surface area contributed by atoms with Gasteiger partial charge >= 0.3 is 0 Å². The molecule has 2 aromatic carbocycles. The number of rotatable bonds is 3. The van der Waals surface area contributed by atoms with E-state index in [1.165, 1.54) is 0 Å². The Morgan fingerprint density at radius 1 is 1.16 bits per heavy atom. The minimum Gasteiger partial charge on any atom is -0.397 e. The van der Waals surface area contributed by atoms with Crippen molar-refractivity contribution in [3.63, 3.8) is 0 Å². The van der Waals surface area contributed by atoms with Crippen LogP contribution in [0.15, 0.2) is 42.5 Å². The number of hydrogen-bond acceptors (Lipinski definition) is 2. The van der Waals surface area contributed by atoms with Crippen LogP contribution in [-0.2, 0) is 6.54 Å². The lowest BCUT2D eigenvalue weighted by Crippen LogP contribution is -2.24. The van der Waals surface area contributed by atoms with Crippen LogP contribution < -0.4 is 11.1 Å². The van der Waals surface area contributed by atoms with Gasteiger partial charge in [-0.3, -0.25) is 4.79 Å². The standard InChI is InChI=1S/C14H12I2N2O/c15-10-6-11(13(17)12(16)7-10)14(19)18-8-9-4-2-1-3-5-9/h1-7H,8,17H2,(H,18,19). The molecule has 2 rings (SSSR count). The number of carbonyl (C=O) groups is 1. The van der Waals surface area contributed by atoms with Crippen LogP contribution in [0.4, 0.5) is 5.69 Å². The Bertz CT molecular complexity index is 600. The van der Waals surface area contributed by atoms with Crippen LogP contribution in [0.1, 0.15) is 15.9 Å². The molecule has 98 valence electrons. The molecule has 0 fully saturated rings.